The molecule has 0 aliphatic rings. The molecule has 0 aliphatic carbocycles. The molecule has 0 amide bonds. The van der Waals surface area contributed by atoms with Crippen LogP contribution in [0.4, 0.5) is 4.39 Å². The molecule has 0 saturated heterocycles. The maximum atomic E-state index is 13.1. The fraction of sp³-hybridized carbons (Fsp3) is 0.143. The van der Waals surface area contributed by atoms with Gasteiger partial charge in [-0.05, 0) is 41.6 Å². The van der Waals surface area contributed by atoms with E-state index in [1.165, 1.54) is 26.4 Å². The molecule has 6 heteroatoms. The first kappa shape index (κ1) is 14.2. The van der Waals surface area contributed by atoms with E-state index >= 15 is 0 Å². The molecule has 1 atom stereocenters. The number of halogens is 2. The first-order chi connectivity index (χ1) is 9.67. The predicted octanol–water partition coefficient (Wildman–Crippen LogP) is 4.61. The first-order valence-electron chi connectivity index (χ1n) is 6.04. The summed E-state index contributed by atoms with van der Waals surface area (Å²) < 4.78 is 16.5. The highest BCUT2D eigenvalue weighted by molar-refractivity contribution is 9.10. The number of thiophene rings is 2. The molecule has 3 rings (SSSR count). The van der Waals surface area contributed by atoms with Crippen molar-refractivity contribution in [2.24, 2.45) is 5.84 Å². The summed E-state index contributed by atoms with van der Waals surface area (Å²) in [6.07, 6.45) is 0.713. The third kappa shape index (κ3) is 2.80. The number of hydrogen-bond acceptors (Lipinski definition) is 4. The van der Waals surface area contributed by atoms with E-state index in [4.69, 9.17) is 5.84 Å². The van der Waals surface area contributed by atoms with Crippen molar-refractivity contribution in [2.45, 2.75) is 12.5 Å². The average Bonchev–Trinajstić information content (AvgIpc) is 2.98. The van der Waals surface area contributed by atoms with Gasteiger partial charge in [0.05, 0.1) is 6.04 Å². The van der Waals surface area contributed by atoms with Crippen molar-refractivity contribution in [1.82, 2.24) is 5.43 Å². The highest BCUT2D eigenvalue weighted by atomic mass is 79.9. The Morgan fingerprint density at radius 3 is 2.80 bits per heavy atom. The lowest BCUT2D eigenvalue weighted by Crippen LogP contribution is -2.29. The summed E-state index contributed by atoms with van der Waals surface area (Å²) >= 11 is 6.88. The van der Waals surface area contributed by atoms with Gasteiger partial charge in [-0.25, -0.2) is 4.39 Å². The van der Waals surface area contributed by atoms with E-state index in [0.29, 0.717) is 6.42 Å². The number of nitrogens with one attached hydrogen (secondary N) is 1. The topological polar surface area (TPSA) is 38.0 Å². The maximum Gasteiger partial charge on any atom is 0.124 e. The van der Waals surface area contributed by atoms with Gasteiger partial charge in [-0.15, -0.1) is 22.7 Å². The van der Waals surface area contributed by atoms with Crippen molar-refractivity contribution in [2.75, 3.05) is 0 Å². The Kier molecular flexibility index (Phi) is 4.18. The Balaban J connectivity index is 1.88. The van der Waals surface area contributed by atoms with Crippen molar-refractivity contribution in [3.8, 4) is 0 Å². The van der Waals surface area contributed by atoms with Crippen LogP contribution in [0.3, 0.4) is 0 Å². The molecule has 0 radical (unpaired) electrons. The van der Waals surface area contributed by atoms with E-state index in [0.717, 1.165) is 10.0 Å². The highest BCUT2D eigenvalue weighted by Gasteiger charge is 2.16. The first-order valence-corrected chi connectivity index (χ1v) is 8.53. The molecule has 1 aromatic carbocycles. The van der Waals surface area contributed by atoms with Crippen LogP contribution in [0.15, 0.2) is 40.2 Å². The van der Waals surface area contributed by atoms with E-state index in [1.54, 1.807) is 28.7 Å². The standard InChI is InChI=1S/C14H12BrFN2S2/c15-10-6-9(16)2-1-8(10)5-11(18-17)13-7-14-12(20-13)3-4-19-14/h1-4,6-7,11,18H,5,17H2. The van der Waals surface area contributed by atoms with E-state index < -0.39 is 0 Å². The van der Waals surface area contributed by atoms with Crippen molar-refractivity contribution in [3.63, 3.8) is 0 Å². The van der Waals surface area contributed by atoms with Crippen molar-refractivity contribution < 1.29 is 4.39 Å². The molecule has 0 saturated carbocycles. The van der Waals surface area contributed by atoms with Crippen LogP contribution >= 0.6 is 38.6 Å². The molecule has 3 aromatic rings. The summed E-state index contributed by atoms with van der Waals surface area (Å²) in [6, 6.07) is 9.07. The summed E-state index contributed by atoms with van der Waals surface area (Å²) in [5, 5.41) is 2.09. The molecule has 0 bridgehead atoms. The summed E-state index contributed by atoms with van der Waals surface area (Å²) in [4.78, 5) is 1.20. The Bertz CT molecular complexity index is 709. The van der Waals surface area contributed by atoms with Crippen molar-refractivity contribution in [1.29, 1.82) is 0 Å². The number of nitrogens with two attached hydrogens (primary N) is 1. The summed E-state index contributed by atoms with van der Waals surface area (Å²) in [5.41, 5.74) is 3.89. The second kappa shape index (κ2) is 5.91. The fourth-order valence-electron chi connectivity index (χ4n) is 2.10. The minimum atomic E-state index is -0.241. The van der Waals surface area contributed by atoms with E-state index in [9.17, 15) is 4.39 Å². The Labute approximate surface area is 132 Å². The molecule has 2 aromatic heterocycles. The van der Waals surface area contributed by atoms with E-state index in [2.05, 4.69) is 38.9 Å². The molecular weight excluding hydrogens is 359 g/mol. The van der Waals surface area contributed by atoms with Gasteiger partial charge in [-0.2, -0.15) is 0 Å². The van der Waals surface area contributed by atoms with Crippen LogP contribution in [-0.2, 0) is 6.42 Å². The predicted molar refractivity (Wildman–Crippen MR) is 87.6 cm³/mol. The van der Waals surface area contributed by atoms with Gasteiger partial charge >= 0.3 is 0 Å². The molecule has 1 unspecified atom stereocenters. The van der Waals surface area contributed by atoms with Gasteiger partial charge in [0.15, 0.2) is 0 Å². The van der Waals surface area contributed by atoms with E-state index in [-0.39, 0.29) is 11.9 Å². The third-order valence-electron chi connectivity index (χ3n) is 3.14. The molecule has 0 spiro atoms. The van der Waals surface area contributed by atoms with Crippen LogP contribution in [0.1, 0.15) is 16.5 Å². The van der Waals surface area contributed by atoms with Crippen LogP contribution in [0.5, 0.6) is 0 Å². The summed E-state index contributed by atoms with van der Waals surface area (Å²) in [6.45, 7) is 0. The number of hydrazine groups is 1. The van der Waals surface area contributed by atoms with Crippen molar-refractivity contribution >= 4 is 48.0 Å². The van der Waals surface area contributed by atoms with Gasteiger partial charge < -0.3 is 0 Å². The highest BCUT2D eigenvalue weighted by Crippen LogP contribution is 2.35. The lowest BCUT2D eigenvalue weighted by atomic mass is 10.1. The van der Waals surface area contributed by atoms with Crippen LogP contribution in [0.25, 0.3) is 9.40 Å². The van der Waals surface area contributed by atoms with Crippen LogP contribution < -0.4 is 11.3 Å². The zero-order valence-electron chi connectivity index (χ0n) is 10.4. The quantitative estimate of drug-likeness (QED) is 0.519. The molecule has 2 heterocycles. The van der Waals surface area contributed by atoms with Gasteiger partial charge in [0.25, 0.3) is 0 Å². The molecule has 3 N–H and O–H groups in total. The third-order valence-corrected chi connectivity index (χ3v) is 6.09. The normalized spacial score (nSPS) is 12.9. The molecular formula is C14H12BrFN2S2. The molecule has 0 aliphatic heterocycles. The van der Waals surface area contributed by atoms with E-state index in [1.807, 2.05) is 0 Å². The molecule has 104 valence electrons. The smallest absolute Gasteiger partial charge is 0.124 e. The molecule has 0 fully saturated rings. The Morgan fingerprint density at radius 1 is 1.25 bits per heavy atom. The zero-order valence-corrected chi connectivity index (χ0v) is 13.6. The van der Waals surface area contributed by atoms with Gasteiger partial charge in [0.2, 0.25) is 0 Å². The second-order valence-electron chi connectivity index (χ2n) is 4.46. The number of hydrogen-bond donors (Lipinski definition) is 2. The van der Waals surface area contributed by atoms with Gasteiger partial charge in [-0.1, -0.05) is 22.0 Å². The van der Waals surface area contributed by atoms with Crippen LogP contribution in [0, 0.1) is 5.82 Å². The Morgan fingerprint density at radius 2 is 2.10 bits per heavy atom. The monoisotopic (exact) mass is 370 g/mol. The lowest BCUT2D eigenvalue weighted by molar-refractivity contribution is 0.558. The zero-order chi connectivity index (χ0) is 14.1. The number of benzene rings is 1. The minimum absolute atomic E-state index is 0.0290. The number of fused-ring (bicyclic) bond motifs is 1. The lowest BCUT2D eigenvalue weighted by Gasteiger charge is -2.15. The summed E-state index contributed by atoms with van der Waals surface area (Å²) in [5.74, 6) is 5.45. The Hall–Kier alpha value is -0.790. The van der Waals surface area contributed by atoms with Crippen LogP contribution in [-0.4, -0.2) is 0 Å². The van der Waals surface area contributed by atoms with Gasteiger partial charge in [0, 0.05) is 18.7 Å². The largest absolute Gasteiger partial charge is 0.271 e. The maximum absolute atomic E-state index is 13.1. The summed E-state index contributed by atoms with van der Waals surface area (Å²) in [7, 11) is 0. The van der Waals surface area contributed by atoms with Crippen molar-refractivity contribution in [3.05, 3.63) is 56.4 Å². The van der Waals surface area contributed by atoms with Gasteiger partial charge in [-0.3, -0.25) is 11.3 Å². The molecule has 2 nitrogen and oxygen atoms in total. The van der Waals surface area contributed by atoms with Gasteiger partial charge in [0.1, 0.15) is 5.82 Å². The second-order valence-corrected chi connectivity index (χ2v) is 7.37. The average molecular weight is 371 g/mol. The fourth-order valence-corrected chi connectivity index (χ4v) is 4.80. The van der Waals surface area contributed by atoms with Crippen LogP contribution in [0.2, 0.25) is 0 Å². The molecule has 20 heavy (non-hydrogen) atoms. The SMILES string of the molecule is NNC(Cc1ccc(F)cc1Br)c1cc2sccc2s1. The minimum Gasteiger partial charge on any atom is -0.271 e. The number of rotatable bonds is 4.